The van der Waals surface area contributed by atoms with Gasteiger partial charge in [0.05, 0.1) is 8.67 Å². The fraction of sp³-hybridized carbons (Fsp3) is 0.692. The van der Waals surface area contributed by atoms with Crippen molar-refractivity contribution in [1.29, 1.82) is 0 Å². The molecule has 0 aromatic carbocycles. The van der Waals surface area contributed by atoms with Crippen LogP contribution in [-0.4, -0.2) is 12.6 Å². The van der Waals surface area contributed by atoms with E-state index >= 15 is 0 Å². The number of hydrogen-bond acceptors (Lipinski definition) is 2. The molecule has 0 unspecified atom stereocenters. The SMILES string of the molecule is Clc1cc(CCCCCCNC2CC2)c(Cl)s1. The molecule has 0 atom stereocenters. The first-order valence-corrected chi connectivity index (χ1v) is 8.00. The Labute approximate surface area is 118 Å². The summed E-state index contributed by atoms with van der Waals surface area (Å²) in [4.78, 5) is 0. The molecule has 1 nitrogen and oxygen atoms in total. The molecule has 1 aromatic heterocycles. The largest absolute Gasteiger partial charge is 0.314 e. The normalized spacial score (nSPS) is 15.4. The summed E-state index contributed by atoms with van der Waals surface area (Å²) in [6.07, 6.45) is 8.96. The lowest BCUT2D eigenvalue weighted by atomic mass is 10.1. The van der Waals surface area contributed by atoms with Gasteiger partial charge in [-0.15, -0.1) is 11.3 Å². The Balaban J connectivity index is 1.49. The van der Waals surface area contributed by atoms with Gasteiger partial charge in [-0.1, -0.05) is 36.0 Å². The molecule has 96 valence electrons. The monoisotopic (exact) mass is 291 g/mol. The molecule has 2 rings (SSSR count). The lowest BCUT2D eigenvalue weighted by Gasteiger charge is -2.02. The van der Waals surface area contributed by atoms with Crippen LogP contribution in [0.4, 0.5) is 0 Å². The Morgan fingerprint density at radius 1 is 1.18 bits per heavy atom. The van der Waals surface area contributed by atoms with Crippen molar-refractivity contribution in [3.63, 3.8) is 0 Å². The number of halogens is 2. The van der Waals surface area contributed by atoms with E-state index in [-0.39, 0.29) is 0 Å². The molecule has 4 heteroatoms. The second kappa shape index (κ2) is 6.98. The Morgan fingerprint density at radius 3 is 2.59 bits per heavy atom. The first-order chi connectivity index (χ1) is 8.25. The van der Waals surface area contributed by atoms with Gasteiger partial charge < -0.3 is 5.32 Å². The second-order valence-corrected chi connectivity index (χ2v) is 7.03. The highest BCUT2D eigenvalue weighted by molar-refractivity contribution is 7.20. The Bertz CT molecular complexity index is 347. The first kappa shape index (κ1) is 13.7. The Morgan fingerprint density at radius 2 is 1.94 bits per heavy atom. The van der Waals surface area contributed by atoms with Gasteiger partial charge in [-0.05, 0) is 50.3 Å². The number of thiophene rings is 1. The number of hydrogen-bond donors (Lipinski definition) is 1. The number of aryl methyl sites for hydroxylation is 1. The lowest BCUT2D eigenvalue weighted by Crippen LogP contribution is -2.17. The highest BCUT2D eigenvalue weighted by atomic mass is 35.5. The van der Waals surface area contributed by atoms with Crippen LogP contribution in [0.3, 0.4) is 0 Å². The zero-order valence-electron chi connectivity index (χ0n) is 9.98. The van der Waals surface area contributed by atoms with E-state index < -0.39 is 0 Å². The number of rotatable bonds is 8. The summed E-state index contributed by atoms with van der Waals surface area (Å²) in [7, 11) is 0. The molecule has 1 N–H and O–H groups in total. The van der Waals surface area contributed by atoms with Gasteiger partial charge in [0.25, 0.3) is 0 Å². The van der Waals surface area contributed by atoms with Gasteiger partial charge in [-0.3, -0.25) is 0 Å². The van der Waals surface area contributed by atoms with Gasteiger partial charge >= 0.3 is 0 Å². The van der Waals surface area contributed by atoms with E-state index in [1.54, 1.807) is 0 Å². The van der Waals surface area contributed by atoms with Crippen molar-refractivity contribution in [3.8, 4) is 0 Å². The van der Waals surface area contributed by atoms with E-state index in [2.05, 4.69) is 5.32 Å². The summed E-state index contributed by atoms with van der Waals surface area (Å²) >= 11 is 13.5. The molecule has 1 heterocycles. The van der Waals surface area contributed by atoms with Gasteiger partial charge in [0.2, 0.25) is 0 Å². The van der Waals surface area contributed by atoms with Gasteiger partial charge in [0, 0.05) is 6.04 Å². The van der Waals surface area contributed by atoms with E-state index in [9.17, 15) is 0 Å². The van der Waals surface area contributed by atoms with Crippen molar-refractivity contribution in [2.45, 2.75) is 51.0 Å². The van der Waals surface area contributed by atoms with E-state index in [0.29, 0.717) is 0 Å². The van der Waals surface area contributed by atoms with Crippen molar-refractivity contribution in [3.05, 3.63) is 20.3 Å². The zero-order valence-corrected chi connectivity index (χ0v) is 12.3. The lowest BCUT2D eigenvalue weighted by molar-refractivity contribution is 0.585. The van der Waals surface area contributed by atoms with E-state index in [0.717, 1.165) is 21.1 Å². The molecule has 0 bridgehead atoms. The van der Waals surface area contributed by atoms with Crippen LogP contribution in [0.25, 0.3) is 0 Å². The summed E-state index contributed by atoms with van der Waals surface area (Å²) in [6, 6.07) is 2.85. The van der Waals surface area contributed by atoms with Crippen LogP contribution in [0, 0.1) is 0 Å². The molecular formula is C13H19Cl2NS. The number of nitrogens with one attached hydrogen (secondary N) is 1. The maximum atomic E-state index is 6.07. The predicted molar refractivity (Wildman–Crippen MR) is 77.5 cm³/mol. The minimum Gasteiger partial charge on any atom is -0.314 e. The van der Waals surface area contributed by atoms with Crippen LogP contribution in [0.1, 0.15) is 44.1 Å². The van der Waals surface area contributed by atoms with Crippen molar-refractivity contribution < 1.29 is 0 Å². The molecule has 0 radical (unpaired) electrons. The molecule has 0 spiro atoms. The molecule has 17 heavy (non-hydrogen) atoms. The molecule has 0 amide bonds. The summed E-state index contributed by atoms with van der Waals surface area (Å²) in [6.45, 7) is 1.19. The van der Waals surface area contributed by atoms with Crippen molar-refractivity contribution in [2.75, 3.05) is 6.54 Å². The minimum absolute atomic E-state index is 0.804. The van der Waals surface area contributed by atoms with Gasteiger partial charge in [0.15, 0.2) is 0 Å². The third kappa shape index (κ3) is 5.17. The van der Waals surface area contributed by atoms with Crippen LogP contribution in [0.5, 0.6) is 0 Å². The summed E-state index contributed by atoms with van der Waals surface area (Å²) < 4.78 is 1.67. The molecule has 0 saturated heterocycles. The van der Waals surface area contributed by atoms with Crippen molar-refractivity contribution >= 4 is 34.5 Å². The highest BCUT2D eigenvalue weighted by Crippen LogP contribution is 2.32. The van der Waals surface area contributed by atoms with E-state index in [1.165, 1.54) is 62.0 Å². The van der Waals surface area contributed by atoms with Gasteiger partial charge in [-0.2, -0.15) is 0 Å². The topological polar surface area (TPSA) is 12.0 Å². The van der Waals surface area contributed by atoms with E-state index in [1.807, 2.05) is 6.07 Å². The van der Waals surface area contributed by atoms with Crippen LogP contribution >= 0.6 is 34.5 Å². The maximum absolute atomic E-state index is 6.07. The third-order valence-corrected chi connectivity index (χ3v) is 4.68. The summed E-state index contributed by atoms with van der Waals surface area (Å²) in [5.41, 5.74) is 1.22. The molecule has 0 aliphatic heterocycles. The third-order valence-electron chi connectivity index (χ3n) is 3.11. The van der Waals surface area contributed by atoms with Crippen molar-refractivity contribution in [2.24, 2.45) is 0 Å². The standard InChI is InChI=1S/C13H19Cl2NS/c14-12-9-10(13(15)17-12)5-3-1-2-4-8-16-11-6-7-11/h9,11,16H,1-8H2. The number of unbranched alkanes of at least 4 members (excludes halogenated alkanes) is 3. The Hall–Kier alpha value is 0.240. The molecule has 1 fully saturated rings. The predicted octanol–water partition coefficient (Wildman–Crippen LogP) is 4.91. The van der Waals surface area contributed by atoms with Crippen LogP contribution in [0.2, 0.25) is 8.67 Å². The average Bonchev–Trinajstić information content (AvgIpc) is 3.04. The Kier molecular flexibility index (Phi) is 5.61. The minimum atomic E-state index is 0.804. The van der Waals surface area contributed by atoms with Crippen molar-refractivity contribution in [1.82, 2.24) is 5.32 Å². The summed E-state index contributed by atoms with van der Waals surface area (Å²) in [5.74, 6) is 0. The fourth-order valence-electron chi connectivity index (χ4n) is 1.93. The van der Waals surface area contributed by atoms with Gasteiger partial charge in [0.1, 0.15) is 0 Å². The smallest absolute Gasteiger partial charge is 0.0976 e. The molecule has 1 aromatic rings. The van der Waals surface area contributed by atoms with Crippen LogP contribution in [0.15, 0.2) is 6.07 Å². The fourth-order valence-corrected chi connectivity index (χ4v) is 3.48. The zero-order chi connectivity index (χ0) is 12.1. The molecule has 1 saturated carbocycles. The second-order valence-electron chi connectivity index (χ2n) is 4.74. The maximum Gasteiger partial charge on any atom is 0.0976 e. The van der Waals surface area contributed by atoms with Gasteiger partial charge in [-0.25, -0.2) is 0 Å². The van der Waals surface area contributed by atoms with Crippen LogP contribution in [-0.2, 0) is 6.42 Å². The highest BCUT2D eigenvalue weighted by Gasteiger charge is 2.19. The molecule has 1 aliphatic carbocycles. The molecule has 1 aliphatic rings. The first-order valence-electron chi connectivity index (χ1n) is 6.43. The average molecular weight is 292 g/mol. The molecular weight excluding hydrogens is 273 g/mol. The van der Waals surface area contributed by atoms with Crippen LogP contribution < -0.4 is 5.32 Å². The quantitative estimate of drug-likeness (QED) is 0.671. The van der Waals surface area contributed by atoms with E-state index in [4.69, 9.17) is 23.2 Å². The summed E-state index contributed by atoms with van der Waals surface area (Å²) in [5, 5.41) is 3.54.